The Morgan fingerprint density at radius 2 is 2.23 bits per heavy atom. The second-order valence-corrected chi connectivity index (χ2v) is 3.45. The van der Waals surface area contributed by atoms with Crippen LogP contribution in [0.2, 0.25) is 0 Å². The molecule has 0 aromatic rings. The van der Waals surface area contributed by atoms with Gasteiger partial charge >= 0.3 is 0 Å². The molecule has 4 heteroatoms. The summed E-state index contributed by atoms with van der Waals surface area (Å²) >= 11 is 0. The van der Waals surface area contributed by atoms with E-state index in [0.29, 0.717) is 6.42 Å². The molecule has 2 amide bonds. The van der Waals surface area contributed by atoms with Gasteiger partial charge in [-0.05, 0) is 6.42 Å². The highest BCUT2D eigenvalue weighted by molar-refractivity contribution is 6.03. The maximum Gasteiger partial charge on any atom is 0.232 e. The van der Waals surface area contributed by atoms with Gasteiger partial charge in [0, 0.05) is 12.3 Å². The van der Waals surface area contributed by atoms with Crippen LogP contribution in [0.1, 0.15) is 26.7 Å². The summed E-state index contributed by atoms with van der Waals surface area (Å²) in [5.41, 5.74) is 0. The molecule has 1 rings (SSSR count). The lowest BCUT2D eigenvalue weighted by molar-refractivity contribution is -0.143. The van der Waals surface area contributed by atoms with E-state index >= 15 is 0 Å². The standard InChI is InChI=1S/C9H15NO3/c1-3-7(5-11)10-8(12)4-6(2)9(10)13/h6-7,11H,3-5H2,1-2H3/t6?,7-/m0/s1. The molecular formula is C9H15NO3. The molecule has 0 spiro atoms. The van der Waals surface area contributed by atoms with E-state index in [-0.39, 0.29) is 36.8 Å². The minimum absolute atomic E-state index is 0.138. The molecule has 1 aliphatic rings. The van der Waals surface area contributed by atoms with Crippen LogP contribution in [-0.4, -0.2) is 34.5 Å². The van der Waals surface area contributed by atoms with Gasteiger partial charge in [-0.1, -0.05) is 13.8 Å². The zero-order valence-corrected chi connectivity index (χ0v) is 7.99. The Morgan fingerprint density at radius 3 is 2.54 bits per heavy atom. The van der Waals surface area contributed by atoms with Crippen LogP contribution in [0.3, 0.4) is 0 Å². The van der Waals surface area contributed by atoms with Crippen molar-refractivity contribution >= 4 is 11.8 Å². The molecule has 74 valence electrons. The van der Waals surface area contributed by atoms with Gasteiger partial charge in [0.05, 0.1) is 12.6 Å². The molecule has 1 aliphatic heterocycles. The predicted molar refractivity (Wildman–Crippen MR) is 46.8 cm³/mol. The number of aliphatic hydroxyl groups excluding tert-OH is 1. The van der Waals surface area contributed by atoms with Crippen LogP contribution in [0.5, 0.6) is 0 Å². The van der Waals surface area contributed by atoms with Crippen LogP contribution >= 0.6 is 0 Å². The number of hydrogen-bond donors (Lipinski definition) is 1. The molecule has 0 aromatic carbocycles. The van der Waals surface area contributed by atoms with Crippen LogP contribution in [0.4, 0.5) is 0 Å². The molecule has 1 heterocycles. The summed E-state index contributed by atoms with van der Waals surface area (Å²) in [7, 11) is 0. The maximum absolute atomic E-state index is 11.5. The molecule has 0 aliphatic carbocycles. The van der Waals surface area contributed by atoms with E-state index in [1.165, 1.54) is 4.90 Å². The average Bonchev–Trinajstić information content (AvgIpc) is 2.34. The Labute approximate surface area is 77.5 Å². The van der Waals surface area contributed by atoms with E-state index in [9.17, 15) is 9.59 Å². The Bertz CT molecular complexity index is 223. The van der Waals surface area contributed by atoms with E-state index in [0.717, 1.165) is 0 Å². The van der Waals surface area contributed by atoms with Crippen molar-refractivity contribution in [3.8, 4) is 0 Å². The number of likely N-dealkylation sites (tertiary alicyclic amines) is 1. The number of hydrogen-bond acceptors (Lipinski definition) is 3. The molecule has 1 unspecified atom stereocenters. The number of imide groups is 1. The Morgan fingerprint density at radius 1 is 1.62 bits per heavy atom. The second-order valence-electron chi connectivity index (χ2n) is 3.45. The lowest BCUT2D eigenvalue weighted by Gasteiger charge is -2.23. The fraction of sp³-hybridized carbons (Fsp3) is 0.778. The first-order valence-corrected chi connectivity index (χ1v) is 4.58. The molecule has 1 N–H and O–H groups in total. The third-order valence-corrected chi connectivity index (χ3v) is 2.46. The summed E-state index contributed by atoms with van der Waals surface area (Å²) in [6.07, 6.45) is 0.899. The minimum Gasteiger partial charge on any atom is -0.394 e. The van der Waals surface area contributed by atoms with Crippen molar-refractivity contribution in [1.29, 1.82) is 0 Å². The summed E-state index contributed by atoms with van der Waals surface area (Å²) in [6, 6.07) is -0.329. The quantitative estimate of drug-likeness (QED) is 0.637. The van der Waals surface area contributed by atoms with E-state index in [1.54, 1.807) is 6.92 Å². The van der Waals surface area contributed by atoms with Gasteiger partial charge in [0.15, 0.2) is 0 Å². The number of carbonyl (C=O) groups is 2. The molecule has 0 saturated carbocycles. The smallest absolute Gasteiger partial charge is 0.232 e. The molecule has 0 radical (unpaired) electrons. The zero-order valence-electron chi connectivity index (χ0n) is 7.99. The van der Waals surface area contributed by atoms with Crippen LogP contribution in [0.15, 0.2) is 0 Å². The van der Waals surface area contributed by atoms with Crippen molar-refractivity contribution in [2.45, 2.75) is 32.7 Å². The first kappa shape index (κ1) is 10.2. The highest BCUT2D eigenvalue weighted by atomic mass is 16.3. The molecule has 0 aromatic heterocycles. The fourth-order valence-electron chi connectivity index (χ4n) is 1.58. The third-order valence-electron chi connectivity index (χ3n) is 2.46. The lowest BCUT2D eigenvalue weighted by Crippen LogP contribution is -2.41. The van der Waals surface area contributed by atoms with Crippen molar-refractivity contribution in [1.82, 2.24) is 4.90 Å². The second kappa shape index (κ2) is 3.87. The van der Waals surface area contributed by atoms with Crippen molar-refractivity contribution in [2.24, 2.45) is 5.92 Å². The van der Waals surface area contributed by atoms with Crippen molar-refractivity contribution in [3.05, 3.63) is 0 Å². The fourth-order valence-corrected chi connectivity index (χ4v) is 1.58. The molecule has 1 fully saturated rings. The largest absolute Gasteiger partial charge is 0.394 e. The summed E-state index contributed by atoms with van der Waals surface area (Å²) < 4.78 is 0. The average molecular weight is 185 g/mol. The van der Waals surface area contributed by atoms with Gasteiger partial charge in [0.25, 0.3) is 0 Å². The van der Waals surface area contributed by atoms with E-state index in [1.807, 2.05) is 6.92 Å². The molecule has 2 atom stereocenters. The molecule has 1 saturated heterocycles. The van der Waals surface area contributed by atoms with Gasteiger partial charge in [0.2, 0.25) is 11.8 Å². The first-order valence-electron chi connectivity index (χ1n) is 4.58. The van der Waals surface area contributed by atoms with Crippen LogP contribution in [0, 0.1) is 5.92 Å². The van der Waals surface area contributed by atoms with E-state index < -0.39 is 0 Å². The van der Waals surface area contributed by atoms with E-state index in [2.05, 4.69) is 0 Å². The topological polar surface area (TPSA) is 57.6 Å². The van der Waals surface area contributed by atoms with Crippen LogP contribution in [-0.2, 0) is 9.59 Å². The monoisotopic (exact) mass is 185 g/mol. The first-order chi connectivity index (χ1) is 6.11. The van der Waals surface area contributed by atoms with Crippen LogP contribution < -0.4 is 0 Å². The normalized spacial score (nSPS) is 25.5. The Kier molecular flexibility index (Phi) is 3.03. The predicted octanol–water partition coefficient (Wildman–Crippen LogP) is 0.152. The van der Waals surface area contributed by atoms with Crippen molar-refractivity contribution in [3.63, 3.8) is 0 Å². The number of amides is 2. The highest BCUT2D eigenvalue weighted by Gasteiger charge is 2.38. The van der Waals surface area contributed by atoms with Gasteiger partial charge in [-0.2, -0.15) is 0 Å². The lowest BCUT2D eigenvalue weighted by atomic mass is 10.1. The van der Waals surface area contributed by atoms with Gasteiger partial charge in [-0.15, -0.1) is 0 Å². The molecule has 4 nitrogen and oxygen atoms in total. The number of rotatable bonds is 3. The maximum atomic E-state index is 11.5. The molecule has 13 heavy (non-hydrogen) atoms. The zero-order chi connectivity index (χ0) is 10.0. The number of nitrogens with zero attached hydrogens (tertiary/aromatic N) is 1. The SMILES string of the molecule is CC[C@@H](CO)N1C(=O)CC(C)C1=O. The van der Waals surface area contributed by atoms with Gasteiger partial charge in [-0.25, -0.2) is 0 Å². The van der Waals surface area contributed by atoms with Crippen LogP contribution in [0.25, 0.3) is 0 Å². The highest BCUT2D eigenvalue weighted by Crippen LogP contribution is 2.22. The van der Waals surface area contributed by atoms with Gasteiger partial charge in [-0.3, -0.25) is 14.5 Å². The summed E-state index contributed by atoms with van der Waals surface area (Å²) in [5, 5.41) is 8.96. The summed E-state index contributed by atoms with van der Waals surface area (Å²) in [6.45, 7) is 3.45. The van der Waals surface area contributed by atoms with Crippen molar-refractivity contribution in [2.75, 3.05) is 6.61 Å². The summed E-state index contributed by atoms with van der Waals surface area (Å²) in [5.74, 6) is -0.516. The van der Waals surface area contributed by atoms with E-state index in [4.69, 9.17) is 5.11 Å². The molecular weight excluding hydrogens is 170 g/mol. The van der Waals surface area contributed by atoms with Gasteiger partial charge < -0.3 is 5.11 Å². The Hall–Kier alpha value is -0.900. The molecule has 0 bridgehead atoms. The van der Waals surface area contributed by atoms with Gasteiger partial charge in [0.1, 0.15) is 0 Å². The summed E-state index contributed by atoms with van der Waals surface area (Å²) in [4.78, 5) is 24.0. The minimum atomic E-state index is -0.329. The number of carbonyl (C=O) groups excluding carboxylic acids is 2. The van der Waals surface area contributed by atoms with Crippen molar-refractivity contribution < 1.29 is 14.7 Å². The Balaban J connectivity index is 2.78. The third kappa shape index (κ3) is 1.72. The number of aliphatic hydroxyl groups is 1.